The van der Waals surface area contributed by atoms with Gasteiger partial charge in [0.05, 0.1) is 7.11 Å². The van der Waals surface area contributed by atoms with Crippen molar-refractivity contribution < 1.29 is 28.7 Å². The predicted molar refractivity (Wildman–Crippen MR) is 77.9 cm³/mol. The zero-order chi connectivity index (χ0) is 17.7. The van der Waals surface area contributed by atoms with Gasteiger partial charge in [-0.15, -0.1) is 0 Å². The van der Waals surface area contributed by atoms with Crippen LogP contribution in [0.1, 0.15) is 27.2 Å². The van der Waals surface area contributed by atoms with Gasteiger partial charge < -0.3 is 10.1 Å². The average Bonchev–Trinajstić information content (AvgIpc) is 2.74. The van der Waals surface area contributed by atoms with Gasteiger partial charge in [0.25, 0.3) is 0 Å². The highest BCUT2D eigenvalue weighted by Crippen LogP contribution is 2.12. The molecule has 5 amide bonds. The Morgan fingerprint density at radius 1 is 1.13 bits per heavy atom. The normalized spacial score (nSPS) is 17.3. The maximum atomic E-state index is 12.0. The number of nitrogens with one attached hydrogen (secondary N) is 1. The molecule has 1 fully saturated rings. The molecule has 1 heterocycles. The van der Waals surface area contributed by atoms with E-state index >= 15 is 0 Å². The number of urea groups is 1. The Kier molecular flexibility index (Phi) is 6.23. The molecule has 9 heteroatoms. The number of likely N-dealkylation sites (N-methyl/N-ethyl adjacent to an activating group) is 1. The van der Waals surface area contributed by atoms with E-state index in [9.17, 15) is 24.0 Å². The van der Waals surface area contributed by atoms with Gasteiger partial charge in [-0.2, -0.15) is 0 Å². The van der Waals surface area contributed by atoms with E-state index in [1.807, 2.05) is 6.92 Å². The molecule has 0 aromatic rings. The molecule has 128 valence electrons. The van der Waals surface area contributed by atoms with E-state index in [0.717, 1.165) is 4.90 Å². The summed E-state index contributed by atoms with van der Waals surface area (Å²) in [7, 11) is 1.20. The lowest BCUT2D eigenvalue weighted by Crippen LogP contribution is -2.50. The molecule has 23 heavy (non-hydrogen) atoms. The van der Waals surface area contributed by atoms with E-state index in [1.54, 1.807) is 13.8 Å². The first-order valence-electron chi connectivity index (χ1n) is 7.32. The summed E-state index contributed by atoms with van der Waals surface area (Å²) >= 11 is 0. The Bertz CT molecular complexity index is 533. The van der Waals surface area contributed by atoms with Crippen molar-refractivity contribution in [2.75, 3.05) is 20.2 Å². The summed E-state index contributed by atoms with van der Waals surface area (Å²) in [5, 5.41) is 2.44. The first kappa shape index (κ1) is 18.6. The van der Waals surface area contributed by atoms with E-state index in [2.05, 4.69) is 10.1 Å². The van der Waals surface area contributed by atoms with Gasteiger partial charge in [-0.25, -0.2) is 14.5 Å². The summed E-state index contributed by atoms with van der Waals surface area (Å²) in [5.41, 5.74) is 0. The smallest absolute Gasteiger partial charge is 0.334 e. The monoisotopic (exact) mass is 327 g/mol. The molecule has 0 saturated carbocycles. The highest BCUT2D eigenvalue weighted by molar-refractivity contribution is 6.45. The number of amides is 5. The van der Waals surface area contributed by atoms with E-state index in [-0.39, 0.29) is 12.5 Å². The van der Waals surface area contributed by atoms with E-state index < -0.39 is 42.3 Å². The molecule has 0 spiro atoms. The second kappa shape index (κ2) is 7.70. The van der Waals surface area contributed by atoms with Crippen LogP contribution in [-0.2, 0) is 23.9 Å². The minimum absolute atomic E-state index is 0.0409. The molecule has 0 aromatic heterocycles. The summed E-state index contributed by atoms with van der Waals surface area (Å²) in [4.78, 5) is 60.3. The van der Waals surface area contributed by atoms with Crippen molar-refractivity contribution in [3.63, 3.8) is 0 Å². The van der Waals surface area contributed by atoms with Gasteiger partial charge in [0, 0.05) is 6.54 Å². The SMILES string of the molecule is CC[C@H](C)[C@@H](NC(=O)CN1C(=O)C(=O)N(CC)C1=O)C(=O)OC. The quantitative estimate of drug-likeness (QED) is 0.383. The van der Waals surface area contributed by atoms with Gasteiger partial charge in [0.2, 0.25) is 5.91 Å². The van der Waals surface area contributed by atoms with Gasteiger partial charge in [-0.05, 0) is 12.8 Å². The van der Waals surface area contributed by atoms with E-state index in [4.69, 9.17) is 0 Å². The van der Waals surface area contributed by atoms with Crippen LogP contribution in [0.2, 0.25) is 0 Å². The third kappa shape index (κ3) is 3.85. The van der Waals surface area contributed by atoms with Crippen LogP contribution in [0.3, 0.4) is 0 Å². The second-order valence-corrected chi connectivity index (χ2v) is 5.18. The number of hydrogen-bond donors (Lipinski definition) is 1. The van der Waals surface area contributed by atoms with Crippen LogP contribution in [0.5, 0.6) is 0 Å². The minimum atomic E-state index is -1.05. The molecule has 0 bridgehead atoms. The summed E-state index contributed by atoms with van der Waals surface area (Å²) in [6, 6.07) is -1.72. The number of carbonyl (C=O) groups is 5. The number of rotatable bonds is 7. The lowest BCUT2D eigenvalue weighted by molar-refractivity contribution is -0.147. The Morgan fingerprint density at radius 2 is 1.70 bits per heavy atom. The van der Waals surface area contributed by atoms with Gasteiger partial charge >= 0.3 is 23.8 Å². The molecule has 0 aromatic carbocycles. The van der Waals surface area contributed by atoms with Crippen molar-refractivity contribution in [1.29, 1.82) is 0 Å². The van der Waals surface area contributed by atoms with E-state index in [1.165, 1.54) is 7.11 Å². The van der Waals surface area contributed by atoms with Crippen LogP contribution in [0.4, 0.5) is 4.79 Å². The molecule has 0 radical (unpaired) electrons. The molecule has 0 unspecified atom stereocenters. The van der Waals surface area contributed by atoms with Crippen molar-refractivity contribution in [3.8, 4) is 0 Å². The lowest BCUT2D eigenvalue weighted by Gasteiger charge is -2.22. The van der Waals surface area contributed by atoms with Gasteiger partial charge in [0.15, 0.2) is 0 Å². The fourth-order valence-corrected chi connectivity index (χ4v) is 2.13. The molecule has 0 aliphatic carbocycles. The number of carbonyl (C=O) groups excluding carboxylic acids is 5. The molecule has 1 N–H and O–H groups in total. The zero-order valence-corrected chi connectivity index (χ0v) is 13.6. The second-order valence-electron chi connectivity index (χ2n) is 5.18. The number of hydrogen-bond acceptors (Lipinski definition) is 6. The highest BCUT2D eigenvalue weighted by atomic mass is 16.5. The lowest BCUT2D eigenvalue weighted by atomic mass is 9.99. The Labute approximate surface area is 133 Å². The number of ether oxygens (including phenoxy) is 1. The fraction of sp³-hybridized carbons (Fsp3) is 0.643. The zero-order valence-electron chi connectivity index (χ0n) is 13.6. The molecule has 1 rings (SSSR count). The molecule has 9 nitrogen and oxygen atoms in total. The van der Waals surface area contributed by atoms with Crippen molar-refractivity contribution in [2.45, 2.75) is 33.2 Å². The Hall–Kier alpha value is -2.45. The summed E-state index contributed by atoms with van der Waals surface area (Å²) < 4.78 is 4.64. The molecule has 2 atom stereocenters. The van der Waals surface area contributed by atoms with Crippen LogP contribution < -0.4 is 5.32 Å². The van der Waals surface area contributed by atoms with Crippen molar-refractivity contribution in [1.82, 2.24) is 15.1 Å². The third-order valence-electron chi connectivity index (χ3n) is 3.74. The first-order chi connectivity index (χ1) is 10.8. The maximum absolute atomic E-state index is 12.0. The van der Waals surface area contributed by atoms with Gasteiger partial charge in [-0.3, -0.25) is 19.3 Å². The molecule has 1 saturated heterocycles. The van der Waals surface area contributed by atoms with Crippen LogP contribution in [-0.4, -0.2) is 65.8 Å². The van der Waals surface area contributed by atoms with Crippen LogP contribution in [0.15, 0.2) is 0 Å². The number of esters is 1. The minimum Gasteiger partial charge on any atom is -0.467 e. The van der Waals surface area contributed by atoms with Crippen molar-refractivity contribution in [2.24, 2.45) is 5.92 Å². The van der Waals surface area contributed by atoms with E-state index in [0.29, 0.717) is 11.3 Å². The van der Waals surface area contributed by atoms with Crippen LogP contribution in [0, 0.1) is 5.92 Å². The van der Waals surface area contributed by atoms with Crippen molar-refractivity contribution >= 4 is 29.7 Å². The number of imide groups is 2. The Balaban J connectivity index is 2.79. The third-order valence-corrected chi connectivity index (χ3v) is 3.74. The van der Waals surface area contributed by atoms with Crippen LogP contribution in [0.25, 0.3) is 0 Å². The van der Waals surface area contributed by atoms with Crippen molar-refractivity contribution in [3.05, 3.63) is 0 Å². The summed E-state index contributed by atoms with van der Waals surface area (Å²) in [5.74, 6) is -3.53. The topological polar surface area (TPSA) is 113 Å². The summed E-state index contributed by atoms with van der Waals surface area (Å²) in [6.07, 6.45) is 0.615. The number of methoxy groups -OCH3 is 1. The first-order valence-corrected chi connectivity index (χ1v) is 7.32. The fourth-order valence-electron chi connectivity index (χ4n) is 2.13. The molecule has 1 aliphatic heterocycles. The van der Waals surface area contributed by atoms with Crippen LogP contribution >= 0.6 is 0 Å². The predicted octanol–water partition coefficient (Wildman–Crippen LogP) is -0.499. The van der Waals surface area contributed by atoms with Gasteiger partial charge in [0.1, 0.15) is 12.6 Å². The molecular weight excluding hydrogens is 306 g/mol. The molecule has 1 aliphatic rings. The highest BCUT2D eigenvalue weighted by Gasteiger charge is 2.44. The number of nitrogens with zero attached hydrogens (tertiary/aromatic N) is 2. The summed E-state index contributed by atoms with van der Waals surface area (Å²) in [6.45, 7) is 4.57. The largest absolute Gasteiger partial charge is 0.467 e. The molecular formula is C14H21N3O6. The maximum Gasteiger partial charge on any atom is 0.334 e. The Morgan fingerprint density at radius 3 is 2.13 bits per heavy atom. The standard InChI is InChI=1S/C14H21N3O6/c1-5-8(3)10(13(21)23-4)15-9(18)7-17-12(20)11(19)16(6-2)14(17)22/h8,10H,5-7H2,1-4H3,(H,15,18)/t8-,10+/m0/s1. The van der Waals surface area contributed by atoms with Gasteiger partial charge in [-0.1, -0.05) is 20.3 Å². The average molecular weight is 327 g/mol.